The summed E-state index contributed by atoms with van der Waals surface area (Å²) in [6.45, 7) is -0.122. The number of phenols is 1. The highest BCUT2D eigenvalue weighted by molar-refractivity contribution is 9.10. The molecule has 0 aliphatic carbocycles. The molecule has 2 aromatic rings. The largest absolute Gasteiger partial charge is 0.508 e. The van der Waals surface area contributed by atoms with Crippen LogP contribution in [0.2, 0.25) is 0 Å². The maximum Gasteiger partial charge on any atom is 0.131 e. The fraction of sp³-hybridized carbons (Fsp3) is 0.250. The summed E-state index contributed by atoms with van der Waals surface area (Å²) in [6.07, 6.45) is -1.45. The maximum atomic E-state index is 10.5. The number of aliphatic hydroxyl groups is 2. The highest BCUT2D eigenvalue weighted by atomic mass is 79.9. The quantitative estimate of drug-likeness (QED) is 0.747. The van der Waals surface area contributed by atoms with Crippen LogP contribution in [0.15, 0.2) is 53.0 Å². The summed E-state index contributed by atoms with van der Waals surface area (Å²) in [4.78, 5) is 0. The molecule has 0 aliphatic heterocycles. The summed E-state index contributed by atoms with van der Waals surface area (Å²) in [5, 5.41) is 29.5. The standard InChI is InChI=1S/C16H17BrO4/c17-11-6-7-14(19)13(10-11)16(20)15(8-9-18)21-12-4-2-1-3-5-12/h1-7,10,15-16,18-20H,8-9H2/t15-,16-/m1/s1. The maximum absolute atomic E-state index is 10.5. The van der Waals surface area contributed by atoms with Crippen LogP contribution in [0.3, 0.4) is 0 Å². The topological polar surface area (TPSA) is 69.9 Å². The molecule has 0 bridgehead atoms. The fourth-order valence-electron chi connectivity index (χ4n) is 2.04. The Morgan fingerprint density at radius 2 is 1.81 bits per heavy atom. The molecular weight excluding hydrogens is 336 g/mol. The molecule has 0 unspecified atom stereocenters. The van der Waals surface area contributed by atoms with Crippen molar-refractivity contribution >= 4 is 15.9 Å². The summed E-state index contributed by atoms with van der Waals surface area (Å²) in [5.74, 6) is 0.592. The van der Waals surface area contributed by atoms with Crippen LogP contribution < -0.4 is 4.74 Å². The Labute approximate surface area is 131 Å². The molecule has 2 rings (SSSR count). The molecule has 5 heteroatoms. The summed E-state index contributed by atoms with van der Waals surface area (Å²) >= 11 is 3.31. The molecule has 112 valence electrons. The van der Waals surface area contributed by atoms with Gasteiger partial charge in [0, 0.05) is 23.1 Å². The van der Waals surface area contributed by atoms with Crippen LogP contribution in [0, 0.1) is 0 Å². The number of phenolic OH excluding ortho intramolecular Hbond substituents is 1. The fourth-order valence-corrected chi connectivity index (χ4v) is 2.42. The van der Waals surface area contributed by atoms with E-state index in [-0.39, 0.29) is 18.8 Å². The predicted octanol–water partition coefficient (Wildman–Crippen LogP) is 3.02. The molecule has 0 aromatic heterocycles. The lowest BCUT2D eigenvalue weighted by Gasteiger charge is -2.24. The van der Waals surface area contributed by atoms with Gasteiger partial charge in [0.05, 0.1) is 0 Å². The van der Waals surface area contributed by atoms with Crippen molar-refractivity contribution in [2.24, 2.45) is 0 Å². The molecule has 0 heterocycles. The van der Waals surface area contributed by atoms with E-state index >= 15 is 0 Å². The number of para-hydroxylation sites is 1. The Morgan fingerprint density at radius 3 is 2.48 bits per heavy atom. The van der Waals surface area contributed by atoms with Crippen molar-refractivity contribution in [2.75, 3.05) is 6.61 Å². The van der Waals surface area contributed by atoms with Gasteiger partial charge >= 0.3 is 0 Å². The summed E-state index contributed by atoms with van der Waals surface area (Å²) in [5.41, 5.74) is 0.360. The molecule has 0 saturated heterocycles. The minimum Gasteiger partial charge on any atom is -0.508 e. The first-order valence-electron chi connectivity index (χ1n) is 6.61. The molecule has 0 aliphatic rings. The molecule has 2 atom stereocenters. The zero-order valence-electron chi connectivity index (χ0n) is 11.3. The third kappa shape index (κ3) is 4.20. The van der Waals surface area contributed by atoms with Crippen molar-refractivity contribution in [2.45, 2.75) is 18.6 Å². The van der Waals surface area contributed by atoms with Crippen LogP contribution in [0.5, 0.6) is 11.5 Å². The number of aliphatic hydroxyl groups excluding tert-OH is 2. The lowest BCUT2D eigenvalue weighted by Crippen LogP contribution is -2.26. The molecule has 0 radical (unpaired) electrons. The van der Waals surface area contributed by atoms with Gasteiger partial charge in [0.2, 0.25) is 0 Å². The average molecular weight is 353 g/mol. The Balaban J connectivity index is 2.22. The molecule has 4 nitrogen and oxygen atoms in total. The zero-order valence-corrected chi connectivity index (χ0v) is 12.9. The Bertz CT molecular complexity index is 574. The summed E-state index contributed by atoms with van der Waals surface area (Å²) in [7, 11) is 0. The first-order valence-corrected chi connectivity index (χ1v) is 7.40. The number of benzene rings is 2. The van der Waals surface area contributed by atoms with Gasteiger partial charge in [0.15, 0.2) is 0 Å². The smallest absolute Gasteiger partial charge is 0.131 e. The highest BCUT2D eigenvalue weighted by Gasteiger charge is 2.25. The SMILES string of the molecule is OCC[C@@H](Oc1ccccc1)[C@H](O)c1cc(Br)ccc1O. The molecule has 0 amide bonds. The first kappa shape index (κ1) is 15.8. The number of ether oxygens (including phenoxy) is 1. The van der Waals surface area contributed by atoms with Crippen molar-refractivity contribution in [1.82, 2.24) is 0 Å². The van der Waals surface area contributed by atoms with Gasteiger partial charge in [-0.2, -0.15) is 0 Å². The van der Waals surface area contributed by atoms with E-state index in [9.17, 15) is 15.3 Å². The van der Waals surface area contributed by atoms with Gasteiger partial charge in [-0.3, -0.25) is 0 Å². The molecule has 21 heavy (non-hydrogen) atoms. The normalized spacial score (nSPS) is 13.7. The number of aromatic hydroxyl groups is 1. The highest BCUT2D eigenvalue weighted by Crippen LogP contribution is 2.32. The van der Waals surface area contributed by atoms with E-state index in [1.165, 1.54) is 6.07 Å². The van der Waals surface area contributed by atoms with E-state index in [0.717, 1.165) is 4.47 Å². The van der Waals surface area contributed by atoms with Crippen molar-refractivity contribution in [3.8, 4) is 11.5 Å². The van der Waals surface area contributed by atoms with Gasteiger partial charge in [-0.05, 0) is 30.3 Å². The number of hydrogen-bond acceptors (Lipinski definition) is 4. The molecule has 3 N–H and O–H groups in total. The lowest BCUT2D eigenvalue weighted by molar-refractivity contribution is 0.0191. The first-order chi connectivity index (χ1) is 10.1. The van der Waals surface area contributed by atoms with E-state index in [4.69, 9.17) is 4.74 Å². The van der Waals surface area contributed by atoms with Gasteiger partial charge in [-0.15, -0.1) is 0 Å². The Kier molecular flexibility index (Phi) is 5.61. The molecule has 2 aromatic carbocycles. The van der Waals surface area contributed by atoms with Gasteiger partial charge in [-0.25, -0.2) is 0 Å². The average Bonchev–Trinajstić information content (AvgIpc) is 2.49. The summed E-state index contributed by atoms with van der Waals surface area (Å²) in [6, 6.07) is 13.9. The van der Waals surface area contributed by atoms with Crippen LogP contribution in [-0.4, -0.2) is 28.0 Å². The monoisotopic (exact) mass is 352 g/mol. The molecule has 0 saturated carbocycles. The van der Waals surface area contributed by atoms with Crippen molar-refractivity contribution < 1.29 is 20.1 Å². The molecule has 0 fully saturated rings. The van der Waals surface area contributed by atoms with E-state index in [1.54, 1.807) is 24.3 Å². The molecular formula is C16H17BrO4. The second-order valence-electron chi connectivity index (χ2n) is 4.63. The van der Waals surface area contributed by atoms with E-state index < -0.39 is 12.2 Å². The second-order valence-corrected chi connectivity index (χ2v) is 5.55. The van der Waals surface area contributed by atoms with Crippen LogP contribution in [0.25, 0.3) is 0 Å². The second kappa shape index (κ2) is 7.45. The van der Waals surface area contributed by atoms with Crippen molar-refractivity contribution in [3.05, 3.63) is 58.6 Å². The third-order valence-electron chi connectivity index (χ3n) is 3.10. The van der Waals surface area contributed by atoms with E-state index in [1.807, 2.05) is 18.2 Å². The van der Waals surface area contributed by atoms with Gasteiger partial charge in [0.1, 0.15) is 23.7 Å². The zero-order chi connectivity index (χ0) is 15.2. The lowest BCUT2D eigenvalue weighted by atomic mass is 10.0. The number of halogens is 1. The van der Waals surface area contributed by atoms with Gasteiger partial charge in [0.25, 0.3) is 0 Å². The van der Waals surface area contributed by atoms with Crippen molar-refractivity contribution in [1.29, 1.82) is 0 Å². The van der Waals surface area contributed by atoms with Gasteiger partial charge < -0.3 is 20.1 Å². The van der Waals surface area contributed by atoms with Gasteiger partial charge in [-0.1, -0.05) is 34.1 Å². The third-order valence-corrected chi connectivity index (χ3v) is 3.60. The van der Waals surface area contributed by atoms with E-state index in [2.05, 4.69) is 15.9 Å². The Hall–Kier alpha value is -1.56. The number of hydrogen-bond donors (Lipinski definition) is 3. The minimum absolute atomic E-state index is 0.00898. The van der Waals surface area contributed by atoms with Crippen LogP contribution in [0.4, 0.5) is 0 Å². The number of rotatable bonds is 6. The summed E-state index contributed by atoms with van der Waals surface area (Å²) < 4.78 is 6.48. The van der Waals surface area contributed by atoms with Crippen LogP contribution >= 0.6 is 15.9 Å². The van der Waals surface area contributed by atoms with Crippen LogP contribution in [-0.2, 0) is 0 Å². The predicted molar refractivity (Wildman–Crippen MR) is 83.3 cm³/mol. The van der Waals surface area contributed by atoms with Crippen molar-refractivity contribution in [3.63, 3.8) is 0 Å². The van der Waals surface area contributed by atoms with E-state index in [0.29, 0.717) is 11.3 Å². The molecule has 0 spiro atoms. The van der Waals surface area contributed by atoms with Crippen LogP contribution in [0.1, 0.15) is 18.1 Å². The Morgan fingerprint density at radius 1 is 1.10 bits per heavy atom. The minimum atomic E-state index is -1.05.